The number of aliphatic hydroxyl groups excluding tert-OH is 1. The number of nitrogens with one attached hydrogen (secondary N) is 2. The Bertz CT molecular complexity index is 965. The van der Waals surface area contributed by atoms with Crippen LogP contribution in [0.4, 0.5) is 0 Å². The summed E-state index contributed by atoms with van der Waals surface area (Å²) in [6.45, 7) is 8.03. The van der Waals surface area contributed by atoms with Gasteiger partial charge < -0.3 is 15.7 Å². The van der Waals surface area contributed by atoms with Gasteiger partial charge in [-0.2, -0.15) is 5.10 Å². The normalized spacial score (nSPS) is 12.6. The Morgan fingerprint density at radius 1 is 1.07 bits per heavy atom. The van der Waals surface area contributed by atoms with Gasteiger partial charge in [-0.1, -0.05) is 48.5 Å². The molecule has 3 aromatic rings. The Kier molecular flexibility index (Phi) is 7.63. The number of rotatable bonds is 8. The molecule has 0 amide bonds. The average Bonchev–Trinajstić information content (AvgIpc) is 3.10. The third kappa shape index (κ3) is 5.70. The summed E-state index contributed by atoms with van der Waals surface area (Å²) in [4.78, 5) is 4.75. The molecule has 6 heteroatoms. The van der Waals surface area contributed by atoms with Crippen molar-refractivity contribution in [3.63, 3.8) is 0 Å². The second-order valence-electron chi connectivity index (χ2n) is 7.30. The average molecular weight is 406 g/mol. The van der Waals surface area contributed by atoms with Crippen molar-refractivity contribution >= 4 is 5.96 Å². The lowest BCUT2D eigenvalue weighted by Gasteiger charge is -2.15. The molecular weight excluding hydrogens is 374 g/mol. The van der Waals surface area contributed by atoms with E-state index in [1.54, 1.807) is 0 Å². The lowest BCUT2D eigenvalue weighted by atomic mass is 10.1. The number of guanidine groups is 1. The molecule has 2 aromatic carbocycles. The molecule has 0 spiro atoms. The minimum absolute atomic E-state index is 0.492. The van der Waals surface area contributed by atoms with Crippen molar-refractivity contribution in [3.8, 4) is 5.69 Å². The fourth-order valence-electron chi connectivity index (χ4n) is 3.40. The maximum Gasteiger partial charge on any atom is 0.191 e. The standard InChI is InChI=1S/C24H31N5O/c1-4-25-24(26-15-14-23(30)20-10-6-5-7-11-20)27-17-21-12-8-9-13-22(21)29-19(3)16-18(2)28-29/h5-13,16,23,30H,4,14-15,17H2,1-3H3,(H2,25,26,27). The van der Waals surface area contributed by atoms with Crippen molar-refractivity contribution in [1.29, 1.82) is 0 Å². The van der Waals surface area contributed by atoms with Gasteiger partial charge >= 0.3 is 0 Å². The van der Waals surface area contributed by atoms with Crippen molar-refractivity contribution in [1.82, 2.24) is 20.4 Å². The lowest BCUT2D eigenvalue weighted by Crippen LogP contribution is -2.38. The van der Waals surface area contributed by atoms with E-state index >= 15 is 0 Å². The third-order valence-electron chi connectivity index (χ3n) is 4.88. The van der Waals surface area contributed by atoms with Gasteiger partial charge in [0.25, 0.3) is 0 Å². The number of aryl methyl sites for hydroxylation is 2. The highest BCUT2D eigenvalue weighted by Crippen LogP contribution is 2.18. The van der Waals surface area contributed by atoms with Crippen LogP contribution >= 0.6 is 0 Å². The van der Waals surface area contributed by atoms with Crippen LogP contribution in [0.25, 0.3) is 5.69 Å². The van der Waals surface area contributed by atoms with Gasteiger partial charge in [-0.25, -0.2) is 9.67 Å². The number of benzene rings is 2. The molecule has 1 aromatic heterocycles. The van der Waals surface area contributed by atoms with E-state index in [9.17, 15) is 5.11 Å². The summed E-state index contributed by atoms with van der Waals surface area (Å²) in [5.74, 6) is 0.737. The Morgan fingerprint density at radius 2 is 1.80 bits per heavy atom. The number of hydrogen-bond donors (Lipinski definition) is 3. The van der Waals surface area contributed by atoms with Crippen molar-refractivity contribution in [2.24, 2.45) is 4.99 Å². The molecule has 158 valence electrons. The fourth-order valence-corrected chi connectivity index (χ4v) is 3.40. The molecule has 1 unspecified atom stereocenters. The molecule has 0 bridgehead atoms. The monoisotopic (exact) mass is 405 g/mol. The van der Waals surface area contributed by atoms with Crippen LogP contribution in [-0.4, -0.2) is 33.9 Å². The summed E-state index contributed by atoms with van der Waals surface area (Å²) in [7, 11) is 0. The minimum Gasteiger partial charge on any atom is -0.388 e. The van der Waals surface area contributed by atoms with E-state index in [2.05, 4.69) is 40.9 Å². The molecule has 0 saturated carbocycles. The van der Waals surface area contributed by atoms with Gasteiger partial charge in [0.05, 0.1) is 24.0 Å². The predicted molar refractivity (Wildman–Crippen MR) is 122 cm³/mol. The van der Waals surface area contributed by atoms with Gasteiger partial charge in [0.1, 0.15) is 0 Å². The van der Waals surface area contributed by atoms with Gasteiger partial charge in [-0.15, -0.1) is 0 Å². The van der Waals surface area contributed by atoms with E-state index in [1.807, 2.05) is 61.0 Å². The summed E-state index contributed by atoms with van der Waals surface area (Å²) < 4.78 is 1.97. The smallest absolute Gasteiger partial charge is 0.191 e. The van der Waals surface area contributed by atoms with Crippen LogP contribution in [-0.2, 0) is 6.54 Å². The van der Waals surface area contributed by atoms with Crippen LogP contribution in [0.15, 0.2) is 65.7 Å². The van der Waals surface area contributed by atoms with Crippen molar-refractivity contribution in [3.05, 3.63) is 83.2 Å². The zero-order chi connectivity index (χ0) is 21.3. The zero-order valence-corrected chi connectivity index (χ0v) is 18.0. The third-order valence-corrected chi connectivity index (χ3v) is 4.88. The van der Waals surface area contributed by atoms with Crippen molar-refractivity contribution in [2.75, 3.05) is 13.1 Å². The Hall–Kier alpha value is -3.12. The first kappa shape index (κ1) is 21.6. The molecule has 0 radical (unpaired) electrons. The van der Waals surface area contributed by atoms with Crippen LogP contribution < -0.4 is 10.6 Å². The molecule has 0 aliphatic carbocycles. The fraction of sp³-hybridized carbons (Fsp3) is 0.333. The molecule has 3 rings (SSSR count). The van der Waals surface area contributed by atoms with Crippen LogP contribution in [0.5, 0.6) is 0 Å². The number of aromatic nitrogens is 2. The SMILES string of the molecule is CCNC(=NCc1ccccc1-n1nc(C)cc1C)NCCC(O)c1ccccc1. The van der Waals surface area contributed by atoms with E-state index in [-0.39, 0.29) is 0 Å². The first-order valence-corrected chi connectivity index (χ1v) is 10.4. The molecule has 1 heterocycles. The van der Waals surface area contributed by atoms with Gasteiger partial charge in [0.2, 0.25) is 0 Å². The zero-order valence-electron chi connectivity index (χ0n) is 18.0. The lowest BCUT2D eigenvalue weighted by molar-refractivity contribution is 0.168. The molecule has 6 nitrogen and oxygen atoms in total. The Balaban J connectivity index is 1.66. The highest BCUT2D eigenvalue weighted by atomic mass is 16.3. The number of aliphatic hydroxyl groups is 1. The first-order chi connectivity index (χ1) is 14.6. The summed E-state index contributed by atoms with van der Waals surface area (Å²) in [5, 5.41) is 21.6. The summed E-state index contributed by atoms with van der Waals surface area (Å²) in [6.07, 6.45) is 0.116. The number of aliphatic imine (C=N–C) groups is 1. The van der Waals surface area contributed by atoms with Crippen molar-refractivity contribution < 1.29 is 5.11 Å². The van der Waals surface area contributed by atoms with E-state index in [4.69, 9.17) is 4.99 Å². The maximum absolute atomic E-state index is 10.4. The van der Waals surface area contributed by atoms with E-state index in [0.717, 1.165) is 40.7 Å². The topological polar surface area (TPSA) is 74.5 Å². The Morgan fingerprint density at radius 3 is 2.50 bits per heavy atom. The van der Waals surface area contributed by atoms with Gasteiger partial charge in [-0.05, 0) is 50.5 Å². The molecule has 0 aliphatic rings. The minimum atomic E-state index is -0.492. The van der Waals surface area contributed by atoms with Crippen LogP contribution in [0.2, 0.25) is 0 Å². The van der Waals surface area contributed by atoms with E-state index in [1.165, 1.54) is 0 Å². The second kappa shape index (κ2) is 10.6. The molecule has 1 atom stereocenters. The molecule has 0 fully saturated rings. The summed E-state index contributed by atoms with van der Waals surface area (Å²) in [5.41, 5.74) is 5.18. The second-order valence-corrected chi connectivity index (χ2v) is 7.30. The summed E-state index contributed by atoms with van der Waals surface area (Å²) in [6, 6.07) is 20.0. The van der Waals surface area contributed by atoms with Crippen LogP contribution in [0.3, 0.4) is 0 Å². The highest BCUT2D eigenvalue weighted by molar-refractivity contribution is 5.79. The van der Waals surface area contributed by atoms with Crippen LogP contribution in [0.1, 0.15) is 42.0 Å². The molecule has 3 N–H and O–H groups in total. The highest BCUT2D eigenvalue weighted by Gasteiger charge is 2.10. The van der Waals surface area contributed by atoms with E-state index < -0.39 is 6.10 Å². The number of para-hydroxylation sites is 1. The first-order valence-electron chi connectivity index (χ1n) is 10.4. The van der Waals surface area contributed by atoms with Gasteiger partial charge in [0, 0.05) is 18.8 Å². The maximum atomic E-state index is 10.4. The molecular formula is C24H31N5O. The molecule has 0 saturated heterocycles. The quantitative estimate of drug-likeness (QED) is 0.395. The molecule has 30 heavy (non-hydrogen) atoms. The van der Waals surface area contributed by atoms with Gasteiger partial charge in [-0.3, -0.25) is 0 Å². The van der Waals surface area contributed by atoms with E-state index in [0.29, 0.717) is 19.5 Å². The van der Waals surface area contributed by atoms with Crippen molar-refractivity contribution in [2.45, 2.75) is 39.8 Å². The predicted octanol–water partition coefficient (Wildman–Crippen LogP) is 3.67. The van der Waals surface area contributed by atoms with Gasteiger partial charge in [0.15, 0.2) is 5.96 Å². The number of hydrogen-bond acceptors (Lipinski definition) is 3. The summed E-state index contributed by atoms with van der Waals surface area (Å²) >= 11 is 0. The van der Waals surface area contributed by atoms with Crippen LogP contribution in [0, 0.1) is 13.8 Å². The largest absolute Gasteiger partial charge is 0.388 e. The molecule has 0 aliphatic heterocycles. The Labute approximate surface area is 178 Å². The number of nitrogens with zero attached hydrogens (tertiary/aromatic N) is 3.